The molecule has 2 aromatic rings. The molecule has 1 saturated heterocycles. The number of nitrogens with zero attached hydrogens (tertiary/aromatic N) is 1. The standard InChI is InChI=1S/C18H18N2O5/c1-2-24-18(23)12-5-7-13(8-6-12)20-16(21)10-15(17(20)22)19-11-14-4-3-9-25-14/h3-9,15,19H,2,10-11H2,1H3/t15-/m1/s1. The van der Waals surface area contributed by atoms with Crippen LogP contribution in [0.25, 0.3) is 0 Å². The molecule has 1 aromatic heterocycles. The van der Waals surface area contributed by atoms with E-state index in [2.05, 4.69) is 5.32 Å². The molecule has 0 spiro atoms. The molecular formula is C18H18N2O5. The number of carbonyl (C=O) groups excluding carboxylic acids is 3. The molecule has 2 heterocycles. The van der Waals surface area contributed by atoms with Crippen LogP contribution in [0.5, 0.6) is 0 Å². The third kappa shape index (κ3) is 3.61. The highest BCUT2D eigenvalue weighted by atomic mass is 16.5. The Morgan fingerprint density at radius 2 is 2.04 bits per heavy atom. The van der Waals surface area contributed by atoms with Crippen LogP contribution < -0.4 is 10.2 Å². The molecule has 1 aliphatic rings. The fraction of sp³-hybridized carbons (Fsp3) is 0.278. The van der Waals surface area contributed by atoms with Crippen molar-refractivity contribution >= 4 is 23.5 Å². The monoisotopic (exact) mass is 342 g/mol. The van der Waals surface area contributed by atoms with Gasteiger partial charge in [-0.15, -0.1) is 0 Å². The van der Waals surface area contributed by atoms with Gasteiger partial charge >= 0.3 is 5.97 Å². The van der Waals surface area contributed by atoms with Gasteiger partial charge in [-0.1, -0.05) is 0 Å². The van der Waals surface area contributed by atoms with Crippen LogP contribution in [0.1, 0.15) is 29.5 Å². The summed E-state index contributed by atoms with van der Waals surface area (Å²) in [6, 6.07) is 9.17. The summed E-state index contributed by atoms with van der Waals surface area (Å²) in [6.45, 7) is 2.38. The Morgan fingerprint density at radius 1 is 1.28 bits per heavy atom. The molecule has 3 rings (SSSR count). The third-order valence-corrected chi connectivity index (χ3v) is 3.89. The molecule has 0 unspecified atom stereocenters. The molecule has 1 aromatic carbocycles. The lowest BCUT2D eigenvalue weighted by atomic mass is 10.2. The average Bonchev–Trinajstić information content (AvgIpc) is 3.21. The maximum absolute atomic E-state index is 12.5. The summed E-state index contributed by atoms with van der Waals surface area (Å²) in [5.41, 5.74) is 0.808. The smallest absolute Gasteiger partial charge is 0.338 e. The average molecular weight is 342 g/mol. The number of rotatable bonds is 6. The molecule has 130 valence electrons. The number of imide groups is 1. The minimum atomic E-state index is -0.595. The van der Waals surface area contributed by atoms with Crippen molar-refractivity contribution in [2.24, 2.45) is 0 Å². The number of carbonyl (C=O) groups is 3. The first kappa shape index (κ1) is 16.9. The van der Waals surface area contributed by atoms with Crippen molar-refractivity contribution in [3.05, 3.63) is 54.0 Å². The molecule has 0 aliphatic carbocycles. The fourth-order valence-corrected chi connectivity index (χ4v) is 2.66. The summed E-state index contributed by atoms with van der Waals surface area (Å²) in [5, 5.41) is 3.03. The SMILES string of the molecule is CCOC(=O)c1ccc(N2C(=O)C[C@@H](NCc3ccco3)C2=O)cc1. The summed E-state index contributed by atoms with van der Waals surface area (Å²) in [7, 11) is 0. The van der Waals surface area contributed by atoms with E-state index in [9.17, 15) is 14.4 Å². The Labute approximate surface area is 144 Å². The summed E-state index contributed by atoms with van der Waals surface area (Å²) in [6.07, 6.45) is 1.63. The number of nitrogens with one attached hydrogen (secondary N) is 1. The first-order valence-corrected chi connectivity index (χ1v) is 8.00. The number of anilines is 1. The van der Waals surface area contributed by atoms with Gasteiger partial charge in [-0.3, -0.25) is 14.9 Å². The van der Waals surface area contributed by atoms with Crippen molar-refractivity contribution in [3.8, 4) is 0 Å². The van der Waals surface area contributed by atoms with Gasteiger partial charge in [-0.25, -0.2) is 9.69 Å². The second-order valence-electron chi connectivity index (χ2n) is 5.55. The van der Waals surface area contributed by atoms with E-state index in [0.29, 0.717) is 23.6 Å². The Morgan fingerprint density at radius 3 is 2.68 bits per heavy atom. The molecule has 0 radical (unpaired) electrons. The van der Waals surface area contributed by atoms with Crippen LogP contribution in [0.15, 0.2) is 47.1 Å². The predicted molar refractivity (Wildman–Crippen MR) is 88.8 cm³/mol. The van der Waals surface area contributed by atoms with Gasteiger partial charge in [-0.2, -0.15) is 0 Å². The molecule has 7 heteroatoms. The van der Waals surface area contributed by atoms with E-state index in [1.165, 1.54) is 12.1 Å². The van der Waals surface area contributed by atoms with E-state index in [0.717, 1.165) is 4.90 Å². The Balaban J connectivity index is 1.68. The number of benzene rings is 1. The zero-order valence-electron chi connectivity index (χ0n) is 13.7. The fourth-order valence-electron chi connectivity index (χ4n) is 2.66. The van der Waals surface area contributed by atoms with Crippen LogP contribution in [0.2, 0.25) is 0 Å². The van der Waals surface area contributed by atoms with Gasteiger partial charge in [0, 0.05) is 0 Å². The van der Waals surface area contributed by atoms with Crippen molar-refractivity contribution in [2.75, 3.05) is 11.5 Å². The number of ether oxygens (including phenoxy) is 1. The molecule has 0 bridgehead atoms. The second-order valence-corrected chi connectivity index (χ2v) is 5.55. The van der Waals surface area contributed by atoms with Gasteiger partial charge in [0.05, 0.1) is 43.1 Å². The molecule has 0 saturated carbocycles. The van der Waals surface area contributed by atoms with Gasteiger partial charge in [0.1, 0.15) is 5.76 Å². The lowest BCUT2D eigenvalue weighted by Crippen LogP contribution is -2.38. The summed E-state index contributed by atoms with van der Waals surface area (Å²) in [5.74, 6) is -0.352. The lowest BCUT2D eigenvalue weighted by molar-refractivity contribution is -0.121. The Hall–Kier alpha value is -2.93. The normalized spacial score (nSPS) is 17.2. The van der Waals surface area contributed by atoms with Gasteiger partial charge in [0.2, 0.25) is 5.91 Å². The number of furan rings is 1. The van der Waals surface area contributed by atoms with E-state index in [-0.39, 0.29) is 24.8 Å². The maximum atomic E-state index is 12.5. The highest BCUT2D eigenvalue weighted by Gasteiger charge is 2.39. The number of hydrogen-bond acceptors (Lipinski definition) is 6. The highest BCUT2D eigenvalue weighted by molar-refractivity contribution is 6.22. The molecular weight excluding hydrogens is 324 g/mol. The molecule has 7 nitrogen and oxygen atoms in total. The number of amides is 2. The largest absolute Gasteiger partial charge is 0.468 e. The first-order valence-electron chi connectivity index (χ1n) is 8.00. The van der Waals surface area contributed by atoms with Crippen LogP contribution in [-0.4, -0.2) is 30.4 Å². The van der Waals surface area contributed by atoms with Crippen molar-refractivity contribution in [1.29, 1.82) is 0 Å². The van der Waals surface area contributed by atoms with Crippen LogP contribution in [0.4, 0.5) is 5.69 Å². The van der Waals surface area contributed by atoms with E-state index in [1.807, 2.05) is 0 Å². The van der Waals surface area contributed by atoms with Crippen molar-refractivity contribution in [2.45, 2.75) is 25.9 Å². The van der Waals surface area contributed by atoms with E-state index < -0.39 is 12.0 Å². The quantitative estimate of drug-likeness (QED) is 0.637. The third-order valence-electron chi connectivity index (χ3n) is 3.89. The Kier molecular flexibility index (Phi) is 4.95. The van der Waals surface area contributed by atoms with Crippen LogP contribution in [0, 0.1) is 0 Å². The van der Waals surface area contributed by atoms with Gasteiger partial charge in [0.15, 0.2) is 0 Å². The van der Waals surface area contributed by atoms with Crippen molar-refractivity contribution in [1.82, 2.24) is 5.32 Å². The van der Waals surface area contributed by atoms with Crippen molar-refractivity contribution in [3.63, 3.8) is 0 Å². The maximum Gasteiger partial charge on any atom is 0.338 e. The molecule has 1 fully saturated rings. The van der Waals surface area contributed by atoms with Gasteiger partial charge in [-0.05, 0) is 43.3 Å². The number of esters is 1. The first-order chi connectivity index (χ1) is 12.1. The molecule has 25 heavy (non-hydrogen) atoms. The highest BCUT2D eigenvalue weighted by Crippen LogP contribution is 2.23. The zero-order chi connectivity index (χ0) is 17.8. The van der Waals surface area contributed by atoms with E-state index >= 15 is 0 Å². The Bertz CT molecular complexity index is 767. The van der Waals surface area contributed by atoms with Crippen LogP contribution in [-0.2, 0) is 20.9 Å². The van der Waals surface area contributed by atoms with E-state index in [4.69, 9.17) is 9.15 Å². The minimum absolute atomic E-state index is 0.0825. The predicted octanol–water partition coefficient (Wildman–Crippen LogP) is 1.88. The summed E-state index contributed by atoms with van der Waals surface area (Å²) < 4.78 is 10.1. The van der Waals surface area contributed by atoms with Crippen LogP contribution in [0.3, 0.4) is 0 Å². The second kappa shape index (κ2) is 7.31. The van der Waals surface area contributed by atoms with Gasteiger partial charge < -0.3 is 9.15 Å². The molecule has 1 N–H and O–H groups in total. The topological polar surface area (TPSA) is 88.8 Å². The minimum Gasteiger partial charge on any atom is -0.468 e. The zero-order valence-corrected chi connectivity index (χ0v) is 13.7. The summed E-state index contributed by atoms with van der Waals surface area (Å²) >= 11 is 0. The summed E-state index contributed by atoms with van der Waals surface area (Å²) in [4.78, 5) is 37.5. The molecule has 1 aliphatic heterocycles. The number of hydrogen-bond donors (Lipinski definition) is 1. The van der Waals surface area contributed by atoms with E-state index in [1.54, 1.807) is 37.5 Å². The van der Waals surface area contributed by atoms with Crippen molar-refractivity contribution < 1.29 is 23.5 Å². The molecule has 2 amide bonds. The van der Waals surface area contributed by atoms with Crippen LogP contribution >= 0.6 is 0 Å². The lowest BCUT2D eigenvalue weighted by Gasteiger charge is -2.15. The van der Waals surface area contributed by atoms with Gasteiger partial charge in [0.25, 0.3) is 5.91 Å². The molecule has 1 atom stereocenters.